The van der Waals surface area contributed by atoms with Gasteiger partial charge in [-0.15, -0.1) is 0 Å². The number of para-hydroxylation sites is 1. The molecule has 0 aromatic heterocycles. The van der Waals surface area contributed by atoms with Gasteiger partial charge in [0.2, 0.25) is 0 Å². The molecule has 1 atom stereocenters. The van der Waals surface area contributed by atoms with E-state index in [1.54, 1.807) is 30.3 Å². The molecule has 1 aliphatic carbocycles. The van der Waals surface area contributed by atoms with Crippen LogP contribution in [-0.2, 0) is 9.53 Å². The zero-order chi connectivity index (χ0) is 23.7. The van der Waals surface area contributed by atoms with E-state index in [1.807, 2.05) is 0 Å². The molecule has 1 aliphatic rings. The molecule has 3 aromatic carbocycles. The zero-order valence-corrected chi connectivity index (χ0v) is 17.7. The van der Waals surface area contributed by atoms with Crippen LogP contribution in [0.5, 0.6) is 11.5 Å². The molecule has 3 aromatic rings. The number of hydrogen-bond acceptors (Lipinski definition) is 7. The summed E-state index contributed by atoms with van der Waals surface area (Å²) in [7, 11) is 1.34. The van der Waals surface area contributed by atoms with Crippen molar-refractivity contribution in [1.82, 2.24) is 0 Å². The molecule has 0 saturated carbocycles. The maximum Gasteiger partial charge on any atom is 0.342 e. The molecule has 166 valence electrons. The second-order valence-electron chi connectivity index (χ2n) is 7.33. The quantitative estimate of drug-likeness (QED) is 0.452. The minimum atomic E-state index is -1.26. The Hall–Kier alpha value is -4.46. The Kier molecular flexibility index (Phi) is 5.66. The van der Waals surface area contributed by atoms with Gasteiger partial charge in [0.15, 0.2) is 29.2 Å². The van der Waals surface area contributed by atoms with Gasteiger partial charge in [-0.1, -0.05) is 42.5 Å². The first kappa shape index (κ1) is 21.8. The summed E-state index contributed by atoms with van der Waals surface area (Å²) in [4.78, 5) is 51.1. The van der Waals surface area contributed by atoms with Crippen molar-refractivity contribution in [3.8, 4) is 11.5 Å². The molecule has 4 rings (SSSR count). The predicted octanol–water partition coefficient (Wildman–Crippen LogP) is 3.36. The monoisotopic (exact) mass is 445 g/mol. The summed E-state index contributed by atoms with van der Waals surface area (Å²) in [6.07, 6.45) is -1.26. The topological polar surface area (TPSA) is 119 Å². The number of carbonyl (C=O) groups excluding carboxylic acids is 4. The number of fused-ring (bicyclic) bond motifs is 2. The Morgan fingerprint density at radius 1 is 0.879 bits per heavy atom. The number of amides is 1. The van der Waals surface area contributed by atoms with Crippen molar-refractivity contribution in [2.75, 3.05) is 12.4 Å². The maximum atomic E-state index is 13.1. The Balaban J connectivity index is 1.56. The fraction of sp³-hybridized carbons (Fsp3) is 0.120. The van der Waals surface area contributed by atoms with Gasteiger partial charge in [0.25, 0.3) is 5.91 Å². The lowest BCUT2D eigenvalue weighted by Crippen LogP contribution is -2.31. The van der Waals surface area contributed by atoms with E-state index in [0.717, 1.165) is 0 Å². The van der Waals surface area contributed by atoms with Crippen LogP contribution in [0.25, 0.3) is 0 Å². The summed E-state index contributed by atoms with van der Waals surface area (Å²) in [6.45, 7) is 1.35. The van der Waals surface area contributed by atoms with Gasteiger partial charge >= 0.3 is 5.97 Å². The number of benzene rings is 3. The SMILES string of the molecule is COc1cccc(C(=O)OC(C)C(=O)Nc2cccc3c2C(=O)c2ccccc2C3=O)c1O. The highest BCUT2D eigenvalue weighted by atomic mass is 16.5. The number of rotatable bonds is 5. The lowest BCUT2D eigenvalue weighted by molar-refractivity contribution is -0.123. The molecule has 8 nitrogen and oxygen atoms in total. The number of ketones is 2. The molecule has 0 saturated heterocycles. The largest absolute Gasteiger partial charge is 0.504 e. The third-order valence-electron chi connectivity index (χ3n) is 5.30. The molecule has 0 fully saturated rings. The third kappa shape index (κ3) is 3.82. The minimum absolute atomic E-state index is 0.0820. The first-order valence-electron chi connectivity index (χ1n) is 10.0. The van der Waals surface area contributed by atoms with E-state index in [4.69, 9.17) is 9.47 Å². The Labute approximate surface area is 188 Å². The molecule has 2 N–H and O–H groups in total. The predicted molar refractivity (Wildman–Crippen MR) is 118 cm³/mol. The van der Waals surface area contributed by atoms with Crippen LogP contribution in [0, 0.1) is 0 Å². The highest BCUT2D eigenvalue weighted by Gasteiger charge is 2.32. The summed E-state index contributed by atoms with van der Waals surface area (Å²) in [5.74, 6) is -2.66. The first-order chi connectivity index (χ1) is 15.8. The van der Waals surface area contributed by atoms with Gasteiger partial charge in [-0.05, 0) is 25.1 Å². The molecule has 8 heteroatoms. The number of hydrogen-bond donors (Lipinski definition) is 2. The smallest absolute Gasteiger partial charge is 0.342 e. The second-order valence-corrected chi connectivity index (χ2v) is 7.33. The van der Waals surface area contributed by atoms with Crippen LogP contribution < -0.4 is 10.1 Å². The van der Waals surface area contributed by atoms with Gasteiger partial charge in [0.1, 0.15) is 5.56 Å². The number of methoxy groups -OCH3 is 1. The summed E-state index contributed by atoms with van der Waals surface area (Å²) in [5, 5.41) is 12.7. The number of esters is 1. The van der Waals surface area contributed by atoms with Crippen LogP contribution in [-0.4, -0.2) is 41.8 Å². The lowest BCUT2D eigenvalue weighted by Gasteiger charge is -2.21. The highest BCUT2D eigenvalue weighted by Crippen LogP contribution is 2.32. The van der Waals surface area contributed by atoms with Gasteiger partial charge in [-0.2, -0.15) is 0 Å². The van der Waals surface area contributed by atoms with Crippen LogP contribution in [0.4, 0.5) is 5.69 Å². The molecule has 0 radical (unpaired) electrons. The van der Waals surface area contributed by atoms with Gasteiger partial charge in [0, 0.05) is 16.7 Å². The standard InChI is InChI=1S/C25H19NO7/c1-13(33-25(31)17-10-6-12-19(32-2)22(17)28)24(30)26-18-11-5-9-16-20(18)23(29)15-8-4-3-7-14(15)21(16)27/h3-13,28H,1-2H3,(H,26,30). The Morgan fingerprint density at radius 2 is 1.52 bits per heavy atom. The number of phenolic OH excluding ortho intramolecular Hbond substituents is 1. The third-order valence-corrected chi connectivity index (χ3v) is 5.30. The van der Waals surface area contributed by atoms with E-state index in [2.05, 4.69) is 5.32 Å². The van der Waals surface area contributed by atoms with E-state index in [9.17, 15) is 24.3 Å². The van der Waals surface area contributed by atoms with Crippen molar-refractivity contribution in [2.24, 2.45) is 0 Å². The van der Waals surface area contributed by atoms with E-state index in [0.29, 0.717) is 5.56 Å². The number of ether oxygens (including phenoxy) is 2. The number of aromatic hydroxyl groups is 1. The van der Waals surface area contributed by atoms with Crippen molar-refractivity contribution in [1.29, 1.82) is 0 Å². The molecule has 0 spiro atoms. The Bertz CT molecular complexity index is 1310. The van der Waals surface area contributed by atoms with Gasteiger partial charge < -0.3 is 19.9 Å². The number of anilines is 1. The normalized spacial score (nSPS) is 12.9. The summed E-state index contributed by atoms with van der Waals surface area (Å²) < 4.78 is 10.1. The van der Waals surface area contributed by atoms with Crippen molar-refractivity contribution >= 4 is 29.1 Å². The molecular formula is C25H19NO7. The number of phenols is 1. The minimum Gasteiger partial charge on any atom is -0.504 e. The fourth-order valence-corrected chi connectivity index (χ4v) is 3.61. The van der Waals surface area contributed by atoms with Crippen LogP contribution in [0.1, 0.15) is 49.1 Å². The Morgan fingerprint density at radius 3 is 2.21 bits per heavy atom. The average molecular weight is 445 g/mol. The van der Waals surface area contributed by atoms with Crippen molar-refractivity contribution in [3.05, 3.63) is 88.5 Å². The van der Waals surface area contributed by atoms with Gasteiger partial charge in [-0.25, -0.2) is 4.79 Å². The lowest BCUT2D eigenvalue weighted by atomic mass is 9.83. The van der Waals surface area contributed by atoms with E-state index < -0.39 is 23.7 Å². The number of carbonyl (C=O) groups is 4. The summed E-state index contributed by atoms with van der Waals surface area (Å²) in [6, 6.07) is 15.4. The molecule has 0 bridgehead atoms. The first-order valence-corrected chi connectivity index (χ1v) is 10.0. The average Bonchev–Trinajstić information content (AvgIpc) is 2.82. The van der Waals surface area contributed by atoms with E-state index in [-0.39, 0.29) is 45.3 Å². The second kappa shape index (κ2) is 8.58. The van der Waals surface area contributed by atoms with Crippen molar-refractivity contribution < 1.29 is 33.8 Å². The molecule has 1 unspecified atom stereocenters. The zero-order valence-electron chi connectivity index (χ0n) is 17.7. The van der Waals surface area contributed by atoms with Crippen LogP contribution in [0.2, 0.25) is 0 Å². The van der Waals surface area contributed by atoms with Crippen LogP contribution >= 0.6 is 0 Å². The van der Waals surface area contributed by atoms with E-state index >= 15 is 0 Å². The van der Waals surface area contributed by atoms with E-state index in [1.165, 1.54) is 44.4 Å². The molecule has 1 amide bonds. The molecule has 0 aliphatic heterocycles. The van der Waals surface area contributed by atoms with Crippen LogP contribution in [0.15, 0.2) is 60.7 Å². The van der Waals surface area contributed by atoms with Gasteiger partial charge in [0.05, 0.1) is 18.4 Å². The van der Waals surface area contributed by atoms with Crippen molar-refractivity contribution in [3.63, 3.8) is 0 Å². The molecular weight excluding hydrogens is 426 g/mol. The van der Waals surface area contributed by atoms with Crippen LogP contribution in [0.3, 0.4) is 0 Å². The summed E-state index contributed by atoms with van der Waals surface area (Å²) >= 11 is 0. The highest BCUT2D eigenvalue weighted by molar-refractivity contribution is 6.30. The van der Waals surface area contributed by atoms with Gasteiger partial charge in [-0.3, -0.25) is 14.4 Å². The molecule has 33 heavy (non-hydrogen) atoms. The maximum absolute atomic E-state index is 13.1. The molecule has 0 heterocycles. The van der Waals surface area contributed by atoms with Crippen molar-refractivity contribution in [2.45, 2.75) is 13.0 Å². The summed E-state index contributed by atoms with van der Waals surface area (Å²) in [5.41, 5.74) is 0.797. The fourth-order valence-electron chi connectivity index (χ4n) is 3.61. The number of nitrogens with one attached hydrogen (secondary N) is 1.